The molecule has 4 aromatic rings. The standard InChI is InChI=1S/C26H21ClN4O3S2/c27-20-12-10-18(11-13-20)14-28-24(32)17-35-26-29-15-23-25(30-26)21-8-4-5-9-22(21)31(36(23,33)34)16-19-6-2-1-3-7-19/h1-13,15H,14,16-17H2,(H,28,32). The van der Waals surface area contributed by atoms with Crippen LogP contribution in [0.5, 0.6) is 0 Å². The second kappa shape index (κ2) is 10.3. The monoisotopic (exact) mass is 536 g/mol. The lowest BCUT2D eigenvalue weighted by atomic mass is 10.1. The highest BCUT2D eigenvalue weighted by molar-refractivity contribution is 7.99. The smallest absolute Gasteiger partial charge is 0.268 e. The fourth-order valence-corrected chi connectivity index (χ4v) is 6.18. The van der Waals surface area contributed by atoms with E-state index in [1.807, 2.05) is 54.6 Å². The summed E-state index contributed by atoms with van der Waals surface area (Å²) in [6.45, 7) is 0.578. The van der Waals surface area contributed by atoms with E-state index in [0.717, 1.165) is 22.9 Å². The van der Waals surface area contributed by atoms with E-state index in [2.05, 4.69) is 15.3 Å². The van der Waals surface area contributed by atoms with Crippen molar-refractivity contribution in [3.8, 4) is 11.3 Å². The quantitative estimate of drug-likeness (QED) is 0.266. The van der Waals surface area contributed by atoms with Gasteiger partial charge in [0.15, 0.2) is 5.16 Å². The lowest BCUT2D eigenvalue weighted by Crippen LogP contribution is -2.34. The molecule has 0 spiro atoms. The zero-order valence-electron chi connectivity index (χ0n) is 19.0. The van der Waals surface area contributed by atoms with E-state index in [9.17, 15) is 13.2 Å². The van der Waals surface area contributed by atoms with Gasteiger partial charge < -0.3 is 5.32 Å². The largest absolute Gasteiger partial charge is 0.351 e. The number of thioether (sulfide) groups is 1. The molecule has 1 aromatic heterocycles. The van der Waals surface area contributed by atoms with Crippen molar-refractivity contribution < 1.29 is 13.2 Å². The first-order valence-corrected chi connectivity index (χ1v) is 13.9. The molecule has 7 nitrogen and oxygen atoms in total. The van der Waals surface area contributed by atoms with Crippen molar-refractivity contribution in [3.63, 3.8) is 0 Å². The molecule has 1 aliphatic heterocycles. The molecule has 182 valence electrons. The Morgan fingerprint density at radius 1 is 0.944 bits per heavy atom. The third kappa shape index (κ3) is 5.09. The van der Waals surface area contributed by atoms with Crippen molar-refractivity contribution in [2.24, 2.45) is 0 Å². The highest BCUT2D eigenvalue weighted by Crippen LogP contribution is 2.42. The number of sulfonamides is 1. The van der Waals surface area contributed by atoms with Crippen LogP contribution in [0, 0.1) is 0 Å². The van der Waals surface area contributed by atoms with E-state index in [-0.39, 0.29) is 23.1 Å². The topological polar surface area (TPSA) is 92.3 Å². The van der Waals surface area contributed by atoms with E-state index < -0.39 is 10.0 Å². The van der Waals surface area contributed by atoms with Crippen LogP contribution in [0.25, 0.3) is 11.3 Å². The first kappa shape index (κ1) is 24.3. The second-order valence-electron chi connectivity index (χ2n) is 8.07. The third-order valence-electron chi connectivity index (χ3n) is 5.63. The molecule has 1 amide bonds. The van der Waals surface area contributed by atoms with E-state index in [4.69, 9.17) is 11.6 Å². The van der Waals surface area contributed by atoms with Crippen molar-refractivity contribution in [2.75, 3.05) is 10.1 Å². The zero-order valence-corrected chi connectivity index (χ0v) is 21.4. The number of benzene rings is 3. The first-order chi connectivity index (χ1) is 17.4. The van der Waals surface area contributed by atoms with Crippen molar-refractivity contribution in [1.29, 1.82) is 0 Å². The number of rotatable bonds is 7. The molecule has 0 atom stereocenters. The van der Waals surface area contributed by atoms with Gasteiger partial charge in [0.1, 0.15) is 4.90 Å². The summed E-state index contributed by atoms with van der Waals surface area (Å²) in [4.78, 5) is 21.2. The van der Waals surface area contributed by atoms with E-state index in [1.165, 1.54) is 10.5 Å². The average molecular weight is 537 g/mol. The number of para-hydroxylation sites is 1. The van der Waals surface area contributed by atoms with Gasteiger partial charge in [0, 0.05) is 17.1 Å². The number of hydrogen-bond acceptors (Lipinski definition) is 6. The van der Waals surface area contributed by atoms with Gasteiger partial charge in [-0.2, -0.15) is 0 Å². The Hall–Kier alpha value is -3.40. The fourth-order valence-electron chi connectivity index (χ4n) is 3.85. The second-order valence-corrected chi connectivity index (χ2v) is 11.3. The summed E-state index contributed by atoms with van der Waals surface area (Å²) in [6.07, 6.45) is 1.33. The summed E-state index contributed by atoms with van der Waals surface area (Å²) in [7, 11) is -3.87. The first-order valence-electron chi connectivity index (χ1n) is 11.1. The van der Waals surface area contributed by atoms with Gasteiger partial charge in [0.05, 0.1) is 29.9 Å². The molecule has 1 aliphatic rings. The molecule has 0 bridgehead atoms. The van der Waals surface area contributed by atoms with Gasteiger partial charge in [-0.3, -0.25) is 9.10 Å². The molecule has 5 rings (SSSR count). The third-order valence-corrected chi connectivity index (χ3v) is 8.51. The van der Waals surface area contributed by atoms with Crippen molar-refractivity contribution in [2.45, 2.75) is 23.1 Å². The summed E-state index contributed by atoms with van der Waals surface area (Å²) < 4.78 is 28.5. The van der Waals surface area contributed by atoms with Crippen LogP contribution in [-0.2, 0) is 27.9 Å². The summed E-state index contributed by atoms with van der Waals surface area (Å²) in [5.41, 5.74) is 3.41. The van der Waals surface area contributed by atoms with Gasteiger partial charge in [-0.05, 0) is 29.3 Å². The van der Waals surface area contributed by atoms with Gasteiger partial charge in [-0.25, -0.2) is 18.4 Å². The Balaban J connectivity index is 1.35. The number of carbonyl (C=O) groups excluding carboxylic acids is 1. The molecule has 36 heavy (non-hydrogen) atoms. The van der Waals surface area contributed by atoms with E-state index in [0.29, 0.717) is 33.7 Å². The molecule has 0 unspecified atom stereocenters. The number of halogens is 1. The molecular formula is C26H21ClN4O3S2. The van der Waals surface area contributed by atoms with Crippen LogP contribution in [-0.4, -0.2) is 30.0 Å². The fraction of sp³-hybridized carbons (Fsp3) is 0.115. The minimum absolute atomic E-state index is 0.0497. The summed E-state index contributed by atoms with van der Waals surface area (Å²) >= 11 is 7.04. The number of nitrogens with zero attached hydrogens (tertiary/aromatic N) is 3. The molecule has 0 radical (unpaired) electrons. The normalized spacial score (nSPS) is 13.5. The van der Waals surface area contributed by atoms with Crippen LogP contribution in [0.15, 0.2) is 95.1 Å². The van der Waals surface area contributed by atoms with Crippen LogP contribution < -0.4 is 9.62 Å². The summed E-state index contributed by atoms with van der Waals surface area (Å²) in [6, 6.07) is 23.9. The van der Waals surface area contributed by atoms with E-state index in [1.54, 1.807) is 24.3 Å². The molecule has 0 fully saturated rings. The molecule has 10 heteroatoms. The van der Waals surface area contributed by atoms with Crippen LogP contribution in [0.1, 0.15) is 11.1 Å². The predicted molar refractivity (Wildman–Crippen MR) is 141 cm³/mol. The van der Waals surface area contributed by atoms with E-state index >= 15 is 0 Å². The molecule has 2 heterocycles. The number of nitrogens with one attached hydrogen (secondary N) is 1. The van der Waals surface area contributed by atoms with Crippen LogP contribution >= 0.6 is 23.4 Å². The van der Waals surface area contributed by atoms with Gasteiger partial charge in [0.25, 0.3) is 10.0 Å². The minimum atomic E-state index is -3.87. The minimum Gasteiger partial charge on any atom is -0.351 e. The predicted octanol–water partition coefficient (Wildman–Crippen LogP) is 4.91. The molecule has 3 aromatic carbocycles. The van der Waals surface area contributed by atoms with Crippen LogP contribution in [0.3, 0.4) is 0 Å². The molecule has 0 aliphatic carbocycles. The summed E-state index contributed by atoms with van der Waals surface area (Å²) in [5.74, 6) is -0.0840. The van der Waals surface area contributed by atoms with Gasteiger partial charge >= 0.3 is 0 Å². The number of amides is 1. The maximum Gasteiger partial charge on any atom is 0.268 e. The summed E-state index contributed by atoms with van der Waals surface area (Å²) in [5, 5.41) is 3.81. The highest BCUT2D eigenvalue weighted by Gasteiger charge is 2.36. The lowest BCUT2D eigenvalue weighted by molar-refractivity contribution is -0.118. The Labute approximate surface area is 218 Å². The van der Waals surface area contributed by atoms with Crippen LogP contribution in [0.4, 0.5) is 5.69 Å². The van der Waals surface area contributed by atoms with Gasteiger partial charge in [-0.15, -0.1) is 0 Å². The Bertz CT molecular complexity index is 1510. The number of anilines is 1. The maximum absolute atomic E-state index is 13.6. The molecule has 0 saturated carbocycles. The van der Waals surface area contributed by atoms with Crippen molar-refractivity contribution in [1.82, 2.24) is 15.3 Å². The SMILES string of the molecule is O=C(CSc1ncc2c(n1)-c1ccccc1N(Cc1ccccc1)S2(=O)=O)NCc1ccc(Cl)cc1. The maximum atomic E-state index is 13.6. The van der Waals surface area contributed by atoms with Crippen molar-refractivity contribution >= 4 is 45.0 Å². The number of hydrogen-bond donors (Lipinski definition) is 1. The Morgan fingerprint density at radius 2 is 1.67 bits per heavy atom. The Kier molecular flexibility index (Phi) is 6.95. The van der Waals surface area contributed by atoms with Crippen LogP contribution in [0.2, 0.25) is 5.02 Å². The van der Waals surface area contributed by atoms with Crippen molar-refractivity contribution in [3.05, 3.63) is 101 Å². The number of carbonyl (C=O) groups is 1. The molecular weight excluding hydrogens is 516 g/mol. The highest BCUT2D eigenvalue weighted by atomic mass is 35.5. The van der Waals surface area contributed by atoms with Gasteiger partial charge in [0.2, 0.25) is 5.91 Å². The molecule has 0 saturated heterocycles. The van der Waals surface area contributed by atoms with Gasteiger partial charge in [-0.1, -0.05) is 84.0 Å². The average Bonchev–Trinajstić information content (AvgIpc) is 2.90. The Morgan fingerprint density at radius 3 is 2.44 bits per heavy atom. The molecule has 1 N–H and O–H groups in total. The number of fused-ring (bicyclic) bond motifs is 3. The number of aromatic nitrogens is 2. The zero-order chi connectivity index (χ0) is 25.1. The lowest BCUT2D eigenvalue weighted by Gasteiger charge is -2.31.